The van der Waals surface area contributed by atoms with Gasteiger partial charge in [0.2, 0.25) is 0 Å². The van der Waals surface area contributed by atoms with Gasteiger partial charge >= 0.3 is 5.97 Å². The van der Waals surface area contributed by atoms with E-state index in [9.17, 15) is 4.79 Å². The quantitative estimate of drug-likeness (QED) is 0.709. The molecule has 0 aromatic heterocycles. The van der Waals surface area contributed by atoms with Crippen LogP contribution in [-0.2, 0) is 4.79 Å². The first kappa shape index (κ1) is 10.2. The van der Waals surface area contributed by atoms with E-state index in [-0.39, 0.29) is 11.8 Å². The molecule has 2 rings (SSSR count). The van der Waals surface area contributed by atoms with E-state index in [1.165, 1.54) is 12.8 Å². The minimum absolute atomic E-state index is 0.0700. The van der Waals surface area contributed by atoms with Crippen LogP contribution in [0.3, 0.4) is 0 Å². The molecule has 3 atom stereocenters. The highest BCUT2D eigenvalue weighted by atomic mass is 35.5. The van der Waals surface area contributed by atoms with E-state index in [1.807, 2.05) is 0 Å². The van der Waals surface area contributed by atoms with Crippen molar-refractivity contribution in [1.29, 1.82) is 0 Å². The van der Waals surface area contributed by atoms with Gasteiger partial charge < -0.3 is 5.11 Å². The fourth-order valence-electron chi connectivity index (χ4n) is 3.18. The summed E-state index contributed by atoms with van der Waals surface area (Å²) in [6.45, 7) is 0.633. The van der Waals surface area contributed by atoms with Crippen LogP contribution in [0.1, 0.15) is 32.1 Å². The number of fused-ring (bicyclic) bond motifs is 1. The predicted octanol–water partition coefficient (Wildman–Crippen LogP) is 2.01. The Morgan fingerprint density at radius 1 is 1.43 bits per heavy atom. The van der Waals surface area contributed by atoms with Crippen molar-refractivity contribution in [2.45, 2.75) is 32.1 Å². The normalized spacial score (nSPS) is 40.4. The molecule has 0 amide bonds. The van der Waals surface area contributed by atoms with Gasteiger partial charge in [-0.15, -0.1) is 0 Å². The van der Waals surface area contributed by atoms with Gasteiger partial charge in [-0.05, 0) is 54.7 Å². The summed E-state index contributed by atoms with van der Waals surface area (Å²) < 4.78 is 0. The molecule has 3 nitrogen and oxygen atoms in total. The maximum absolute atomic E-state index is 10.8. The average Bonchev–Trinajstić information content (AvgIpc) is 2.29. The molecular formula is C10H16ClNO2. The number of hydrogen-bond donors (Lipinski definition) is 2. The van der Waals surface area contributed by atoms with Gasteiger partial charge in [0.1, 0.15) is 0 Å². The van der Waals surface area contributed by atoms with E-state index >= 15 is 0 Å². The lowest BCUT2D eigenvalue weighted by atomic mass is 9.77. The van der Waals surface area contributed by atoms with Crippen molar-refractivity contribution in [1.82, 2.24) is 4.84 Å². The number of carbonyl (C=O) groups is 1. The summed E-state index contributed by atoms with van der Waals surface area (Å²) in [4.78, 5) is 13.4. The number of nitrogens with one attached hydrogen (secondary N) is 1. The molecule has 2 aliphatic rings. The summed E-state index contributed by atoms with van der Waals surface area (Å²) in [7, 11) is 0. The van der Waals surface area contributed by atoms with E-state index in [4.69, 9.17) is 16.9 Å². The topological polar surface area (TPSA) is 49.3 Å². The molecule has 2 N–H and O–H groups in total. The third kappa shape index (κ3) is 1.75. The lowest BCUT2D eigenvalue weighted by Crippen LogP contribution is -2.30. The maximum atomic E-state index is 10.8. The zero-order valence-corrected chi connectivity index (χ0v) is 8.89. The van der Waals surface area contributed by atoms with Gasteiger partial charge in [-0.2, -0.15) is 0 Å². The van der Waals surface area contributed by atoms with Crippen molar-refractivity contribution in [3.05, 3.63) is 0 Å². The summed E-state index contributed by atoms with van der Waals surface area (Å²) in [5.41, 5.74) is -0.0700. The van der Waals surface area contributed by atoms with Gasteiger partial charge in [-0.1, -0.05) is 0 Å². The second kappa shape index (κ2) is 3.70. The van der Waals surface area contributed by atoms with Gasteiger partial charge in [-0.3, -0.25) is 4.79 Å². The first-order valence-electron chi connectivity index (χ1n) is 5.20. The molecule has 4 heteroatoms. The van der Waals surface area contributed by atoms with Crippen molar-refractivity contribution < 1.29 is 9.90 Å². The molecule has 2 fully saturated rings. The smallest absolute Gasteiger partial charge is 0.303 e. The fourth-order valence-corrected chi connectivity index (χ4v) is 3.47. The molecule has 1 unspecified atom stereocenters. The molecular weight excluding hydrogens is 202 g/mol. The highest BCUT2D eigenvalue weighted by molar-refractivity contribution is 6.13. The molecule has 0 aromatic rings. The van der Waals surface area contributed by atoms with Crippen molar-refractivity contribution >= 4 is 17.7 Å². The van der Waals surface area contributed by atoms with Crippen LogP contribution in [0.4, 0.5) is 0 Å². The van der Waals surface area contributed by atoms with Gasteiger partial charge in [0.25, 0.3) is 0 Å². The zero-order valence-electron chi connectivity index (χ0n) is 8.13. The van der Waals surface area contributed by atoms with E-state index < -0.39 is 5.97 Å². The Hall–Kier alpha value is -0.280. The van der Waals surface area contributed by atoms with Gasteiger partial charge in [0, 0.05) is 6.54 Å². The van der Waals surface area contributed by atoms with Crippen molar-refractivity contribution in [2.75, 3.05) is 6.54 Å². The molecule has 0 spiro atoms. The van der Waals surface area contributed by atoms with E-state index in [0.29, 0.717) is 6.54 Å². The van der Waals surface area contributed by atoms with Crippen LogP contribution in [0, 0.1) is 17.3 Å². The Balaban J connectivity index is 2.03. The van der Waals surface area contributed by atoms with Gasteiger partial charge in [0.05, 0.1) is 6.42 Å². The highest BCUT2D eigenvalue weighted by Crippen LogP contribution is 2.56. The standard InChI is InChI=1S/C10H16ClNO2/c11-12-6-10(5-9(13)14)3-7-1-2-8(7)4-10/h7-8,12H,1-6H2,(H,13,14)/t7-,8+,10?. The first-order chi connectivity index (χ1) is 6.65. The minimum Gasteiger partial charge on any atom is -0.481 e. The van der Waals surface area contributed by atoms with Crippen LogP contribution in [-0.4, -0.2) is 17.6 Å². The Morgan fingerprint density at radius 2 is 2.00 bits per heavy atom. The number of aliphatic carboxylic acids is 1. The summed E-state index contributed by atoms with van der Waals surface area (Å²) >= 11 is 5.53. The van der Waals surface area contributed by atoms with Crippen molar-refractivity contribution in [3.63, 3.8) is 0 Å². The Bertz CT molecular complexity index is 232. The SMILES string of the molecule is O=C(O)CC1(CNCl)C[C@H]2CC[C@H]2C1. The van der Waals surface area contributed by atoms with E-state index in [2.05, 4.69) is 4.84 Å². The largest absolute Gasteiger partial charge is 0.481 e. The molecule has 0 aromatic carbocycles. The molecule has 2 saturated carbocycles. The van der Waals surface area contributed by atoms with E-state index in [0.717, 1.165) is 24.7 Å². The molecule has 0 bridgehead atoms. The van der Waals surface area contributed by atoms with Crippen LogP contribution >= 0.6 is 11.8 Å². The third-order valence-electron chi connectivity index (χ3n) is 3.93. The van der Waals surface area contributed by atoms with Gasteiger partial charge in [0.15, 0.2) is 0 Å². The summed E-state index contributed by atoms with van der Waals surface area (Å²) in [6.07, 6.45) is 4.93. The van der Waals surface area contributed by atoms with Gasteiger partial charge in [-0.25, -0.2) is 4.84 Å². The Morgan fingerprint density at radius 3 is 2.36 bits per heavy atom. The third-order valence-corrected chi connectivity index (χ3v) is 4.07. The fraction of sp³-hybridized carbons (Fsp3) is 0.900. The van der Waals surface area contributed by atoms with Crippen LogP contribution in [0.2, 0.25) is 0 Å². The summed E-state index contributed by atoms with van der Waals surface area (Å²) in [6, 6.07) is 0. The Labute approximate surface area is 88.9 Å². The zero-order chi connectivity index (χ0) is 10.2. The number of hydrogen-bond acceptors (Lipinski definition) is 2. The summed E-state index contributed by atoms with van der Waals surface area (Å²) in [5, 5.41) is 8.89. The molecule has 0 aliphatic heterocycles. The maximum Gasteiger partial charge on any atom is 0.303 e. The van der Waals surface area contributed by atoms with Crippen LogP contribution in [0.5, 0.6) is 0 Å². The first-order valence-corrected chi connectivity index (χ1v) is 5.58. The van der Waals surface area contributed by atoms with Crippen LogP contribution in [0.15, 0.2) is 0 Å². The molecule has 0 radical (unpaired) electrons. The molecule has 80 valence electrons. The molecule has 14 heavy (non-hydrogen) atoms. The minimum atomic E-state index is -0.696. The predicted molar refractivity (Wildman–Crippen MR) is 54.0 cm³/mol. The molecule has 0 heterocycles. The second-order valence-electron chi connectivity index (χ2n) is 4.89. The number of carboxylic acid groups (broad SMARTS) is 1. The highest BCUT2D eigenvalue weighted by Gasteiger charge is 2.49. The number of rotatable bonds is 4. The Kier molecular flexibility index (Phi) is 2.71. The van der Waals surface area contributed by atoms with E-state index in [1.54, 1.807) is 0 Å². The van der Waals surface area contributed by atoms with Crippen LogP contribution in [0.25, 0.3) is 0 Å². The monoisotopic (exact) mass is 217 g/mol. The summed E-state index contributed by atoms with van der Waals surface area (Å²) in [5.74, 6) is 0.858. The number of halogens is 1. The number of carboxylic acids is 1. The molecule has 0 saturated heterocycles. The molecule has 2 aliphatic carbocycles. The lowest BCUT2D eigenvalue weighted by molar-refractivity contribution is -0.139. The lowest BCUT2D eigenvalue weighted by Gasteiger charge is -2.29. The second-order valence-corrected chi connectivity index (χ2v) is 5.15. The van der Waals surface area contributed by atoms with Crippen LogP contribution < -0.4 is 4.84 Å². The van der Waals surface area contributed by atoms with Crippen molar-refractivity contribution in [2.24, 2.45) is 17.3 Å². The average molecular weight is 218 g/mol. The van der Waals surface area contributed by atoms with Crippen molar-refractivity contribution in [3.8, 4) is 0 Å².